The van der Waals surface area contributed by atoms with E-state index in [4.69, 9.17) is 4.74 Å². The molecule has 0 saturated carbocycles. The summed E-state index contributed by atoms with van der Waals surface area (Å²) in [7, 11) is 1.92. The summed E-state index contributed by atoms with van der Waals surface area (Å²) < 4.78 is 7.66. The quantitative estimate of drug-likeness (QED) is 0.859. The third kappa shape index (κ3) is 2.31. The first kappa shape index (κ1) is 12.8. The number of aromatic nitrogens is 3. The Morgan fingerprint density at radius 1 is 1.30 bits per heavy atom. The second-order valence-corrected chi connectivity index (χ2v) is 5.11. The van der Waals surface area contributed by atoms with E-state index in [-0.39, 0.29) is 5.78 Å². The Morgan fingerprint density at radius 3 is 2.90 bits per heavy atom. The Kier molecular flexibility index (Phi) is 3.26. The van der Waals surface area contributed by atoms with E-state index in [2.05, 4.69) is 10.2 Å². The van der Waals surface area contributed by atoms with E-state index in [9.17, 15) is 4.79 Å². The van der Waals surface area contributed by atoms with Crippen LogP contribution < -0.4 is 4.74 Å². The van der Waals surface area contributed by atoms with Crippen molar-refractivity contribution in [3.05, 3.63) is 41.0 Å². The third-order valence-electron chi connectivity index (χ3n) is 3.78. The normalized spacial score (nSPS) is 14.2. The fourth-order valence-corrected chi connectivity index (χ4v) is 2.44. The predicted molar refractivity (Wildman–Crippen MR) is 73.8 cm³/mol. The first-order valence-electron chi connectivity index (χ1n) is 6.79. The van der Waals surface area contributed by atoms with Crippen molar-refractivity contribution in [2.24, 2.45) is 7.05 Å². The molecule has 0 bridgehead atoms. The Bertz CT molecular complexity index is 661. The Labute approximate surface area is 117 Å². The molecule has 2 aromatic rings. The van der Waals surface area contributed by atoms with Gasteiger partial charge in [0.15, 0.2) is 11.6 Å². The second-order valence-electron chi connectivity index (χ2n) is 5.11. The molecule has 0 amide bonds. The Balaban J connectivity index is 1.75. The van der Waals surface area contributed by atoms with E-state index < -0.39 is 0 Å². The Morgan fingerprint density at radius 2 is 2.15 bits per heavy atom. The van der Waals surface area contributed by atoms with Crippen LogP contribution in [0.3, 0.4) is 0 Å². The van der Waals surface area contributed by atoms with Crippen LogP contribution in [0, 0.1) is 6.92 Å². The molecule has 20 heavy (non-hydrogen) atoms. The molecule has 0 aliphatic heterocycles. The van der Waals surface area contributed by atoms with Gasteiger partial charge in [-0.2, -0.15) is 0 Å². The van der Waals surface area contributed by atoms with Crippen LogP contribution in [0.25, 0.3) is 0 Å². The first-order chi connectivity index (χ1) is 9.65. The van der Waals surface area contributed by atoms with Crippen LogP contribution in [0.4, 0.5) is 0 Å². The minimum Gasteiger partial charge on any atom is -0.486 e. The summed E-state index contributed by atoms with van der Waals surface area (Å²) in [5, 5.41) is 8.06. The minimum absolute atomic E-state index is 0.238. The maximum Gasteiger partial charge on any atom is 0.170 e. The number of aryl methyl sites for hydroxylation is 2. The summed E-state index contributed by atoms with van der Waals surface area (Å²) in [6.45, 7) is 2.28. The molecule has 0 fully saturated rings. The lowest BCUT2D eigenvalue weighted by atomic mass is 9.91. The number of fused-ring (bicyclic) bond motifs is 1. The molecule has 0 saturated heterocycles. The number of hydrogen-bond donors (Lipinski definition) is 0. The van der Waals surface area contributed by atoms with Gasteiger partial charge in [-0.25, -0.2) is 0 Å². The van der Waals surface area contributed by atoms with Gasteiger partial charge in [0.2, 0.25) is 0 Å². The summed E-state index contributed by atoms with van der Waals surface area (Å²) in [5.74, 6) is 2.66. The molecule has 0 radical (unpaired) electrons. The van der Waals surface area contributed by atoms with Crippen molar-refractivity contribution in [3.8, 4) is 5.75 Å². The standard InChI is InChI=1S/C15H17N3O2/c1-10-16-17-15(18(10)2)9-20-12-6-7-13-11(8-12)4-3-5-14(13)19/h6-8H,3-5,9H2,1-2H3. The highest BCUT2D eigenvalue weighted by atomic mass is 16.5. The number of carbonyl (C=O) groups excluding carboxylic acids is 1. The average molecular weight is 271 g/mol. The highest BCUT2D eigenvalue weighted by molar-refractivity contribution is 5.98. The van der Waals surface area contributed by atoms with E-state index in [1.807, 2.05) is 36.7 Å². The van der Waals surface area contributed by atoms with E-state index >= 15 is 0 Å². The number of carbonyl (C=O) groups is 1. The van der Waals surface area contributed by atoms with Crippen LogP contribution in [0.2, 0.25) is 0 Å². The number of hydrogen-bond acceptors (Lipinski definition) is 4. The summed E-state index contributed by atoms with van der Waals surface area (Å²) in [6.07, 6.45) is 2.53. The maximum atomic E-state index is 11.8. The van der Waals surface area contributed by atoms with E-state index in [0.29, 0.717) is 13.0 Å². The fraction of sp³-hybridized carbons (Fsp3) is 0.400. The van der Waals surface area contributed by atoms with Crippen LogP contribution in [0.5, 0.6) is 5.75 Å². The van der Waals surface area contributed by atoms with E-state index in [0.717, 1.165) is 41.4 Å². The molecule has 1 aromatic heterocycles. The molecule has 1 aliphatic carbocycles. The summed E-state index contributed by atoms with van der Waals surface area (Å²) in [6, 6.07) is 5.69. The van der Waals surface area contributed by atoms with Gasteiger partial charge in [-0.05, 0) is 43.5 Å². The predicted octanol–water partition coefficient (Wildman–Crippen LogP) is 2.22. The summed E-state index contributed by atoms with van der Waals surface area (Å²) >= 11 is 0. The van der Waals surface area contributed by atoms with E-state index in [1.165, 1.54) is 0 Å². The van der Waals surface area contributed by atoms with Gasteiger partial charge in [0.05, 0.1) is 0 Å². The number of Topliss-reactive ketones (excluding diaryl/α,β-unsaturated/α-hetero) is 1. The number of ketones is 1. The molecule has 0 atom stereocenters. The minimum atomic E-state index is 0.238. The first-order valence-corrected chi connectivity index (χ1v) is 6.79. The molecule has 1 aliphatic rings. The van der Waals surface area contributed by atoms with Crippen molar-refractivity contribution >= 4 is 5.78 Å². The fourth-order valence-electron chi connectivity index (χ4n) is 2.44. The van der Waals surface area contributed by atoms with Gasteiger partial charge >= 0.3 is 0 Å². The molecule has 1 heterocycles. The van der Waals surface area contributed by atoms with Crippen molar-refractivity contribution in [2.75, 3.05) is 0 Å². The lowest BCUT2D eigenvalue weighted by Crippen LogP contribution is -2.11. The Hall–Kier alpha value is -2.17. The highest BCUT2D eigenvalue weighted by Crippen LogP contribution is 2.25. The van der Waals surface area contributed by atoms with Crippen LogP contribution in [-0.4, -0.2) is 20.5 Å². The zero-order valence-corrected chi connectivity index (χ0v) is 11.7. The van der Waals surface area contributed by atoms with Crippen LogP contribution in [0.15, 0.2) is 18.2 Å². The van der Waals surface area contributed by atoms with Crippen LogP contribution in [0.1, 0.15) is 40.4 Å². The van der Waals surface area contributed by atoms with Gasteiger partial charge < -0.3 is 9.30 Å². The average Bonchev–Trinajstić information content (AvgIpc) is 2.77. The summed E-state index contributed by atoms with van der Waals surface area (Å²) in [5.41, 5.74) is 1.94. The molecule has 0 unspecified atom stereocenters. The number of rotatable bonds is 3. The largest absolute Gasteiger partial charge is 0.486 e. The monoisotopic (exact) mass is 271 g/mol. The van der Waals surface area contributed by atoms with Crippen LogP contribution >= 0.6 is 0 Å². The number of ether oxygens (including phenoxy) is 1. The second kappa shape index (κ2) is 5.07. The molecule has 5 heteroatoms. The van der Waals surface area contributed by atoms with Gasteiger partial charge in [0.1, 0.15) is 18.2 Å². The van der Waals surface area contributed by atoms with Gasteiger partial charge in [0.25, 0.3) is 0 Å². The molecular weight excluding hydrogens is 254 g/mol. The molecule has 104 valence electrons. The van der Waals surface area contributed by atoms with Gasteiger partial charge in [-0.15, -0.1) is 10.2 Å². The molecule has 0 N–H and O–H groups in total. The SMILES string of the molecule is Cc1nnc(COc2ccc3c(c2)CCCC3=O)n1C. The molecule has 3 rings (SSSR count). The van der Waals surface area contributed by atoms with Gasteiger partial charge in [0, 0.05) is 19.0 Å². The maximum absolute atomic E-state index is 11.8. The van der Waals surface area contributed by atoms with Crippen molar-refractivity contribution < 1.29 is 9.53 Å². The topological polar surface area (TPSA) is 57.0 Å². The van der Waals surface area contributed by atoms with Gasteiger partial charge in [-0.1, -0.05) is 0 Å². The van der Waals surface area contributed by atoms with Crippen molar-refractivity contribution in [1.29, 1.82) is 0 Å². The van der Waals surface area contributed by atoms with Crippen molar-refractivity contribution in [1.82, 2.24) is 14.8 Å². The zero-order chi connectivity index (χ0) is 14.1. The molecule has 5 nitrogen and oxygen atoms in total. The smallest absolute Gasteiger partial charge is 0.170 e. The molecule has 1 aromatic carbocycles. The van der Waals surface area contributed by atoms with E-state index in [1.54, 1.807) is 0 Å². The van der Waals surface area contributed by atoms with Crippen molar-refractivity contribution in [2.45, 2.75) is 32.8 Å². The molecule has 0 spiro atoms. The highest BCUT2D eigenvalue weighted by Gasteiger charge is 2.17. The zero-order valence-electron chi connectivity index (χ0n) is 11.7. The third-order valence-corrected chi connectivity index (χ3v) is 3.78. The molecular formula is C15H17N3O2. The van der Waals surface area contributed by atoms with Gasteiger partial charge in [-0.3, -0.25) is 4.79 Å². The number of nitrogens with zero attached hydrogens (tertiary/aromatic N) is 3. The van der Waals surface area contributed by atoms with Crippen molar-refractivity contribution in [3.63, 3.8) is 0 Å². The summed E-state index contributed by atoms with van der Waals surface area (Å²) in [4.78, 5) is 11.8. The van der Waals surface area contributed by atoms with Crippen LogP contribution in [-0.2, 0) is 20.1 Å². The number of benzene rings is 1. The lowest BCUT2D eigenvalue weighted by molar-refractivity contribution is 0.0972. The lowest BCUT2D eigenvalue weighted by Gasteiger charge is -2.15.